The lowest BCUT2D eigenvalue weighted by molar-refractivity contribution is 0.0898. The molecule has 1 aliphatic rings. The summed E-state index contributed by atoms with van der Waals surface area (Å²) in [6.45, 7) is 8.78. The molecule has 0 amide bonds. The van der Waals surface area contributed by atoms with Gasteiger partial charge in [-0.25, -0.2) is 0 Å². The summed E-state index contributed by atoms with van der Waals surface area (Å²) in [5, 5.41) is 8.70. The molecule has 11 heavy (non-hydrogen) atoms. The second kappa shape index (κ2) is 3.52. The number of epoxide rings is 1. The van der Waals surface area contributed by atoms with Gasteiger partial charge < -0.3 is 15.6 Å². The zero-order valence-corrected chi connectivity index (χ0v) is 7.85. The minimum absolute atomic E-state index is 0.250. The Kier molecular flexibility index (Phi) is 3.48. The summed E-state index contributed by atoms with van der Waals surface area (Å²) in [5.74, 6) is 0. The van der Waals surface area contributed by atoms with Crippen LogP contribution in [0.5, 0.6) is 0 Å². The van der Waals surface area contributed by atoms with Crippen LogP contribution in [0.4, 0.5) is 0 Å². The van der Waals surface area contributed by atoms with Crippen LogP contribution in [0.1, 0.15) is 27.7 Å². The summed E-state index contributed by atoms with van der Waals surface area (Å²) < 4.78 is 4.90. The van der Waals surface area contributed by atoms with Crippen molar-refractivity contribution in [3.63, 3.8) is 0 Å². The first-order chi connectivity index (χ1) is 4.77. The van der Waals surface area contributed by atoms with Crippen molar-refractivity contribution < 1.29 is 9.84 Å². The third-order valence-corrected chi connectivity index (χ3v) is 1.22. The van der Waals surface area contributed by atoms with E-state index in [1.807, 2.05) is 0 Å². The average Bonchev–Trinajstić information content (AvgIpc) is 2.46. The van der Waals surface area contributed by atoms with E-state index < -0.39 is 5.60 Å². The van der Waals surface area contributed by atoms with Crippen LogP contribution in [-0.4, -0.2) is 29.5 Å². The predicted octanol–water partition coefficient (Wildman–Crippen LogP) is 0.511. The molecule has 0 aromatic heterocycles. The molecule has 1 saturated heterocycles. The maximum absolute atomic E-state index is 8.70. The van der Waals surface area contributed by atoms with E-state index in [0.717, 1.165) is 6.61 Å². The van der Waals surface area contributed by atoms with Crippen molar-refractivity contribution in [2.45, 2.75) is 38.9 Å². The fraction of sp³-hybridized carbons (Fsp3) is 1.00. The molecule has 0 radical (unpaired) electrons. The van der Waals surface area contributed by atoms with Crippen LogP contribution in [0.2, 0.25) is 0 Å². The van der Waals surface area contributed by atoms with Crippen LogP contribution in [-0.2, 0) is 4.74 Å². The summed E-state index contributed by atoms with van der Waals surface area (Å²) >= 11 is 0. The molecular weight excluding hydrogens is 142 g/mol. The Bertz CT molecular complexity index is 110. The molecule has 3 heteroatoms. The Labute approximate surface area is 68.5 Å². The summed E-state index contributed by atoms with van der Waals surface area (Å²) in [5.41, 5.74) is 4.62. The lowest BCUT2D eigenvalue weighted by Gasteiger charge is -2.11. The molecule has 1 rings (SSSR count). The Morgan fingerprint density at radius 3 is 1.73 bits per heavy atom. The van der Waals surface area contributed by atoms with Gasteiger partial charge in [0.15, 0.2) is 0 Å². The van der Waals surface area contributed by atoms with E-state index in [2.05, 4.69) is 13.8 Å². The molecule has 1 fully saturated rings. The van der Waals surface area contributed by atoms with Crippen molar-refractivity contribution in [1.29, 1.82) is 0 Å². The Morgan fingerprint density at radius 2 is 1.73 bits per heavy atom. The van der Waals surface area contributed by atoms with Gasteiger partial charge in [-0.05, 0) is 27.7 Å². The maximum atomic E-state index is 8.70. The van der Waals surface area contributed by atoms with Gasteiger partial charge in [0.2, 0.25) is 0 Å². The molecule has 0 aliphatic carbocycles. The highest BCUT2D eigenvalue weighted by Gasteiger charge is 2.32. The van der Waals surface area contributed by atoms with Gasteiger partial charge >= 0.3 is 0 Å². The summed E-state index contributed by atoms with van der Waals surface area (Å²) in [6, 6.07) is 0. The SMILES string of the molecule is CC(C)(O)CN.CC1(C)CO1. The topological polar surface area (TPSA) is 58.8 Å². The molecule has 0 unspecified atom stereocenters. The van der Waals surface area contributed by atoms with Crippen LogP contribution in [0.3, 0.4) is 0 Å². The average molecular weight is 161 g/mol. The predicted molar refractivity (Wildman–Crippen MR) is 45.4 cm³/mol. The molecule has 3 nitrogen and oxygen atoms in total. The van der Waals surface area contributed by atoms with Gasteiger partial charge in [0.05, 0.1) is 17.8 Å². The smallest absolute Gasteiger partial charge is 0.0860 e. The van der Waals surface area contributed by atoms with Crippen LogP contribution in [0.15, 0.2) is 0 Å². The first-order valence-corrected chi connectivity index (χ1v) is 3.83. The molecule has 1 heterocycles. The van der Waals surface area contributed by atoms with E-state index in [0.29, 0.717) is 6.54 Å². The van der Waals surface area contributed by atoms with E-state index in [-0.39, 0.29) is 5.60 Å². The van der Waals surface area contributed by atoms with E-state index in [4.69, 9.17) is 15.6 Å². The first kappa shape index (κ1) is 10.9. The van der Waals surface area contributed by atoms with Gasteiger partial charge in [-0.3, -0.25) is 0 Å². The molecule has 1 aliphatic heterocycles. The number of nitrogens with two attached hydrogens (primary N) is 1. The second-order valence-electron chi connectivity index (χ2n) is 4.06. The third-order valence-electron chi connectivity index (χ3n) is 1.22. The minimum Gasteiger partial charge on any atom is -0.389 e. The van der Waals surface area contributed by atoms with Crippen molar-refractivity contribution in [2.75, 3.05) is 13.2 Å². The van der Waals surface area contributed by atoms with E-state index >= 15 is 0 Å². The van der Waals surface area contributed by atoms with Crippen LogP contribution in [0.25, 0.3) is 0 Å². The second-order valence-corrected chi connectivity index (χ2v) is 4.06. The zero-order valence-electron chi connectivity index (χ0n) is 7.85. The Hall–Kier alpha value is -0.120. The highest BCUT2D eigenvalue weighted by molar-refractivity contribution is 4.79. The number of aliphatic hydroxyl groups is 1. The highest BCUT2D eigenvalue weighted by Crippen LogP contribution is 2.23. The normalized spacial score (nSPS) is 20.2. The number of hydrogen-bond donors (Lipinski definition) is 2. The molecule has 3 N–H and O–H groups in total. The third kappa shape index (κ3) is 9.88. The van der Waals surface area contributed by atoms with Crippen molar-refractivity contribution in [2.24, 2.45) is 5.73 Å². The number of rotatable bonds is 1. The maximum Gasteiger partial charge on any atom is 0.0860 e. The lowest BCUT2D eigenvalue weighted by Crippen LogP contribution is -2.29. The fourth-order valence-electron chi connectivity index (χ4n) is 0.144. The lowest BCUT2D eigenvalue weighted by atomic mass is 10.1. The summed E-state index contributed by atoms with van der Waals surface area (Å²) in [4.78, 5) is 0. The van der Waals surface area contributed by atoms with Crippen molar-refractivity contribution in [3.8, 4) is 0 Å². The molecule has 0 aromatic rings. The standard InChI is InChI=1S/C4H11NO.C4H8O/c1-4(2,6)3-5;1-4(2)3-5-4/h6H,3,5H2,1-2H3;3H2,1-2H3. The largest absolute Gasteiger partial charge is 0.389 e. The van der Waals surface area contributed by atoms with E-state index in [1.54, 1.807) is 13.8 Å². The van der Waals surface area contributed by atoms with Crippen LogP contribution < -0.4 is 5.73 Å². The van der Waals surface area contributed by atoms with Gasteiger partial charge in [0.1, 0.15) is 0 Å². The van der Waals surface area contributed by atoms with Gasteiger partial charge in [0.25, 0.3) is 0 Å². The van der Waals surface area contributed by atoms with Crippen molar-refractivity contribution in [1.82, 2.24) is 0 Å². The summed E-state index contributed by atoms with van der Waals surface area (Å²) in [7, 11) is 0. The van der Waals surface area contributed by atoms with E-state index in [9.17, 15) is 0 Å². The van der Waals surface area contributed by atoms with Crippen molar-refractivity contribution in [3.05, 3.63) is 0 Å². The van der Waals surface area contributed by atoms with Gasteiger partial charge in [-0.15, -0.1) is 0 Å². The number of hydrogen-bond acceptors (Lipinski definition) is 3. The van der Waals surface area contributed by atoms with Gasteiger partial charge in [-0.2, -0.15) is 0 Å². The Morgan fingerprint density at radius 1 is 1.55 bits per heavy atom. The van der Waals surface area contributed by atoms with Crippen molar-refractivity contribution >= 4 is 0 Å². The molecular formula is C8H19NO2. The van der Waals surface area contributed by atoms with Crippen LogP contribution in [0, 0.1) is 0 Å². The molecule has 0 spiro atoms. The van der Waals surface area contributed by atoms with Crippen LogP contribution >= 0.6 is 0 Å². The quantitative estimate of drug-likeness (QED) is 0.551. The van der Waals surface area contributed by atoms with E-state index in [1.165, 1.54) is 0 Å². The number of ether oxygens (including phenoxy) is 1. The van der Waals surface area contributed by atoms with Gasteiger partial charge in [-0.1, -0.05) is 0 Å². The highest BCUT2D eigenvalue weighted by atomic mass is 16.6. The first-order valence-electron chi connectivity index (χ1n) is 3.83. The molecule has 0 aromatic carbocycles. The zero-order chi connectivity index (χ0) is 9.12. The molecule has 0 saturated carbocycles. The molecule has 0 bridgehead atoms. The fourth-order valence-corrected chi connectivity index (χ4v) is 0.144. The monoisotopic (exact) mass is 161 g/mol. The summed E-state index contributed by atoms with van der Waals surface area (Å²) in [6.07, 6.45) is 0. The molecule has 0 atom stereocenters. The molecule has 68 valence electrons. The van der Waals surface area contributed by atoms with Gasteiger partial charge in [0, 0.05) is 6.54 Å². The minimum atomic E-state index is -0.681. The Balaban J connectivity index is 0.000000183.